The molecular formula is C9H21O4PSi. The van der Waals surface area contributed by atoms with E-state index in [1.165, 1.54) is 0 Å². The van der Waals surface area contributed by atoms with Gasteiger partial charge in [-0.2, -0.15) is 0 Å². The average Bonchev–Trinajstić information content (AvgIpc) is 2.19. The normalized spacial score (nSPS) is 12.2. The summed E-state index contributed by atoms with van der Waals surface area (Å²) in [6.07, 6.45) is 1.46. The van der Waals surface area contributed by atoms with Crippen LogP contribution in [0.5, 0.6) is 0 Å². The van der Waals surface area contributed by atoms with Gasteiger partial charge in [0.25, 0.3) is 0 Å². The molecule has 0 bridgehead atoms. The molecule has 0 rings (SSSR count). The van der Waals surface area contributed by atoms with E-state index in [4.69, 9.17) is 13.3 Å². The van der Waals surface area contributed by atoms with Crippen molar-refractivity contribution in [2.45, 2.75) is 33.2 Å². The van der Waals surface area contributed by atoms with Crippen LogP contribution in [0.15, 0.2) is 0 Å². The molecule has 0 aromatic rings. The van der Waals surface area contributed by atoms with Gasteiger partial charge in [-0.25, -0.2) is 0 Å². The predicted octanol–water partition coefficient (Wildman–Crippen LogP) is 2.72. The van der Waals surface area contributed by atoms with Crippen molar-refractivity contribution in [2.75, 3.05) is 26.0 Å². The minimum Gasteiger partial charge on any atom is -0.374 e. The highest BCUT2D eigenvalue weighted by molar-refractivity contribution is 7.23. The molecule has 0 radical (unpaired) electrons. The Morgan fingerprint density at radius 1 is 1.00 bits per heavy atom. The summed E-state index contributed by atoms with van der Waals surface area (Å²) < 4.78 is 27.3. The molecule has 0 spiro atoms. The van der Waals surface area contributed by atoms with Crippen molar-refractivity contribution in [2.24, 2.45) is 0 Å². The molecule has 0 saturated carbocycles. The van der Waals surface area contributed by atoms with Gasteiger partial charge in [-0.1, -0.05) is 0 Å². The highest BCUT2D eigenvalue weighted by Crippen LogP contribution is 2.19. The number of hydrogen-bond acceptors (Lipinski definition) is 4. The summed E-state index contributed by atoms with van der Waals surface area (Å²) in [7, 11) is -2.30. The average molecular weight is 252 g/mol. The van der Waals surface area contributed by atoms with Gasteiger partial charge >= 0.3 is 8.80 Å². The van der Waals surface area contributed by atoms with Crippen LogP contribution in [0.3, 0.4) is 0 Å². The lowest BCUT2D eigenvalue weighted by atomic mass is 10.6. The van der Waals surface area contributed by atoms with E-state index in [1.54, 1.807) is 0 Å². The molecule has 0 unspecified atom stereocenters. The molecule has 0 fully saturated rings. The Hall–Kier alpha value is 0.197. The predicted molar refractivity (Wildman–Crippen MR) is 62.5 cm³/mol. The van der Waals surface area contributed by atoms with Crippen molar-refractivity contribution in [3.63, 3.8) is 0 Å². The number of hydrogen-bond donors (Lipinski definition) is 0. The van der Waals surface area contributed by atoms with E-state index in [0.717, 1.165) is 12.5 Å². The van der Waals surface area contributed by atoms with E-state index in [1.807, 2.05) is 20.8 Å². The Morgan fingerprint density at radius 3 is 1.80 bits per heavy atom. The first-order valence-corrected chi connectivity index (χ1v) is 8.38. The molecule has 0 N–H and O–H groups in total. The zero-order chi connectivity index (χ0) is 11.6. The highest BCUT2D eigenvalue weighted by Gasteiger charge is 2.39. The zero-order valence-electron chi connectivity index (χ0n) is 9.82. The van der Waals surface area contributed by atoms with Gasteiger partial charge in [0.15, 0.2) is 8.46 Å². The van der Waals surface area contributed by atoms with E-state index < -0.39 is 8.80 Å². The maximum Gasteiger partial charge on any atom is 0.500 e. The van der Waals surface area contributed by atoms with Crippen LogP contribution in [0.2, 0.25) is 6.04 Å². The SMILES string of the molecule is CCO[Si](CCCP=O)(OCC)OCC. The Morgan fingerprint density at radius 2 is 1.47 bits per heavy atom. The molecule has 0 heterocycles. The third-order valence-electron chi connectivity index (χ3n) is 1.83. The first-order valence-electron chi connectivity index (χ1n) is 5.45. The molecule has 6 heteroatoms. The van der Waals surface area contributed by atoms with Gasteiger partial charge in [0, 0.05) is 32.0 Å². The monoisotopic (exact) mass is 252 g/mol. The number of rotatable bonds is 10. The van der Waals surface area contributed by atoms with Gasteiger partial charge in [-0.05, 0) is 27.2 Å². The Bertz CT molecular complexity index is 151. The van der Waals surface area contributed by atoms with Gasteiger partial charge < -0.3 is 13.3 Å². The standard InChI is InChI=1S/C9H21O4PSi/c1-4-11-15(12-5-2,13-6-3)9-7-8-14-10/h4-9H2,1-3H3. The summed E-state index contributed by atoms with van der Waals surface area (Å²) in [4.78, 5) is 0. The van der Waals surface area contributed by atoms with E-state index >= 15 is 0 Å². The van der Waals surface area contributed by atoms with Crippen LogP contribution in [0.25, 0.3) is 0 Å². The topological polar surface area (TPSA) is 44.8 Å². The fourth-order valence-electron chi connectivity index (χ4n) is 1.36. The Balaban J connectivity index is 4.24. The first kappa shape index (κ1) is 15.2. The second-order valence-corrected chi connectivity index (χ2v) is 6.38. The van der Waals surface area contributed by atoms with Crippen LogP contribution < -0.4 is 0 Å². The summed E-state index contributed by atoms with van der Waals surface area (Å²) in [5.41, 5.74) is 0. The quantitative estimate of drug-likeness (QED) is 0.341. The molecule has 0 saturated heterocycles. The van der Waals surface area contributed by atoms with Gasteiger partial charge in [0.05, 0.1) is 0 Å². The molecule has 15 heavy (non-hydrogen) atoms. The molecule has 0 aliphatic rings. The van der Waals surface area contributed by atoms with E-state index in [-0.39, 0.29) is 8.46 Å². The molecular weight excluding hydrogens is 231 g/mol. The molecule has 0 amide bonds. The second-order valence-electron chi connectivity index (χ2n) is 2.94. The molecule has 4 nitrogen and oxygen atoms in total. The fourth-order valence-corrected chi connectivity index (χ4v) is 4.56. The summed E-state index contributed by atoms with van der Waals surface area (Å²) in [5, 5.41) is 0. The summed E-state index contributed by atoms with van der Waals surface area (Å²) >= 11 is 0. The van der Waals surface area contributed by atoms with Gasteiger partial charge in [-0.15, -0.1) is 0 Å². The lowest BCUT2D eigenvalue weighted by molar-refractivity contribution is 0.0712. The van der Waals surface area contributed by atoms with Crippen LogP contribution in [-0.2, 0) is 17.8 Å². The molecule has 0 aromatic carbocycles. The van der Waals surface area contributed by atoms with Crippen LogP contribution in [0, 0.1) is 0 Å². The first-order chi connectivity index (χ1) is 7.24. The third-order valence-corrected chi connectivity index (χ3v) is 5.48. The minimum absolute atomic E-state index is 0.179. The van der Waals surface area contributed by atoms with E-state index in [9.17, 15) is 4.57 Å². The maximum atomic E-state index is 10.4. The van der Waals surface area contributed by atoms with Gasteiger partial charge in [-0.3, -0.25) is 4.57 Å². The lowest BCUT2D eigenvalue weighted by Crippen LogP contribution is -2.46. The van der Waals surface area contributed by atoms with Crippen LogP contribution in [0.1, 0.15) is 27.2 Å². The van der Waals surface area contributed by atoms with Crippen molar-refractivity contribution in [1.29, 1.82) is 0 Å². The van der Waals surface area contributed by atoms with Crippen molar-refractivity contribution in [1.82, 2.24) is 0 Å². The molecule has 90 valence electrons. The van der Waals surface area contributed by atoms with Gasteiger partial charge in [0.1, 0.15) is 0 Å². The van der Waals surface area contributed by atoms with Crippen molar-refractivity contribution in [3.8, 4) is 0 Å². The highest BCUT2D eigenvalue weighted by atomic mass is 31.1. The third kappa shape index (κ3) is 6.38. The van der Waals surface area contributed by atoms with Crippen LogP contribution >= 0.6 is 8.46 Å². The Labute approximate surface area is 94.9 Å². The van der Waals surface area contributed by atoms with Crippen molar-refractivity contribution in [3.05, 3.63) is 0 Å². The van der Waals surface area contributed by atoms with E-state index in [0.29, 0.717) is 26.0 Å². The molecule has 0 atom stereocenters. The Kier molecular flexibility index (Phi) is 9.55. The van der Waals surface area contributed by atoms with Crippen molar-refractivity contribution < 1.29 is 17.8 Å². The van der Waals surface area contributed by atoms with Crippen molar-refractivity contribution >= 4 is 17.3 Å². The minimum atomic E-state index is -2.48. The largest absolute Gasteiger partial charge is 0.500 e. The maximum absolute atomic E-state index is 10.4. The fraction of sp³-hybridized carbons (Fsp3) is 1.00. The van der Waals surface area contributed by atoms with Crippen LogP contribution in [-0.4, -0.2) is 34.8 Å². The molecule has 0 aliphatic heterocycles. The summed E-state index contributed by atoms with van der Waals surface area (Å²) in [6.45, 7) is 7.60. The van der Waals surface area contributed by atoms with Gasteiger partial charge in [0.2, 0.25) is 0 Å². The zero-order valence-corrected chi connectivity index (χ0v) is 11.7. The second kappa shape index (κ2) is 9.42. The summed E-state index contributed by atoms with van der Waals surface area (Å²) in [6, 6.07) is 0.748. The van der Waals surface area contributed by atoms with E-state index in [2.05, 4.69) is 0 Å². The smallest absolute Gasteiger partial charge is 0.374 e. The van der Waals surface area contributed by atoms with Crippen LogP contribution in [0.4, 0.5) is 0 Å². The lowest BCUT2D eigenvalue weighted by Gasteiger charge is -2.28. The molecule has 0 aliphatic carbocycles. The molecule has 0 aromatic heterocycles. The summed E-state index contributed by atoms with van der Waals surface area (Å²) in [5.74, 6) is 0.